The minimum Gasteiger partial charge on any atom is -0.463 e. The van der Waals surface area contributed by atoms with Crippen molar-refractivity contribution >= 4 is 0 Å². The Kier molecular flexibility index (Phi) is 1.59. The molecule has 76 valence electrons. The molecule has 1 aromatic heterocycles. The zero-order valence-electron chi connectivity index (χ0n) is 8.29. The van der Waals surface area contributed by atoms with Crippen molar-refractivity contribution in [3.05, 3.63) is 23.7 Å². The van der Waals surface area contributed by atoms with Crippen molar-refractivity contribution in [1.29, 1.82) is 0 Å². The van der Waals surface area contributed by atoms with Gasteiger partial charge in [0, 0.05) is 19.0 Å². The highest BCUT2D eigenvalue weighted by molar-refractivity contribution is 5.23. The van der Waals surface area contributed by atoms with Crippen molar-refractivity contribution in [1.82, 2.24) is 5.32 Å². The molecule has 1 aliphatic carbocycles. The average Bonchev–Trinajstić information content (AvgIpc) is 2.66. The van der Waals surface area contributed by atoms with Crippen molar-refractivity contribution in [3.63, 3.8) is 0 Å². The van der Waals surface area contributed by atoms with Crippen LogP contribution in [0.5, 0.6) is 0 Å². The molecule has 3 heteroatoms. The van der Waals surface area contributed by atoms with Crippen LogP contribution in [0.4, 0.5) is 0 Å². The van der Waals surface area contributed by atoms with Gasteiger partial charge in [-0.05, 0) is 24.5 Å². The quantitative estimate of drug-likeness (QED) is 0.741. The summed E-state index contributed by atoms with van der Waals surface area (Å²) in [4.78, 5) is 0. The van der Waals surface area contributed by atoms with E-state index in [9.17, 15) is 5.11 Å². The molecule has 0 spiro atoms. The van der Waals surface area contributed by atoms with Gasteiger partial charge in [-0.3, -0.25) is 0 Å². The highest BCUT2D eigenvalue weighted by Gasteiger charge is 2.42. The zero-order valence-corrected chi connectivity index (χ0v) is 8.29. The van der Waals surface area contributed by atoms with E-state index in [1.54, 1.807) is 0 Å². The number of β-amino-alcohol motifs (C(OH)–C–C–N with tert-alkyl or cyclic N) is 1. The van der Waals surface area contributed by atoms with Crippen LogP contribution >= 0.6 is 0 Å². The fourth-order valence-electron chi connectivity index (χ4n) is 2.06. The second-order valence-corrected chi connectivity index (χ2v) is 4.66. The lowest BCUT2D eigenvalue weighted by molar-refractivity contribution is -0.0339. The maximum absolute atomic E-state index is 10.0. The van der Waals surface area contributed by atoms with E-state index in [1.807, 2.05) is 12.1 Å². The highest BCUT2D eigenvalue weighted by Crippen LogP contribution is 2.48. The molecule has 0 radical (unpaired) electrons. The molecule has 0 bridgehead atoms. The highest BCUT2D eigenvalue weighted by atomic mass is 16.4. The van der Waals surface area contributed by atoms with Gasteiger partial charge in [-0.1, -0.05) is 6.92 Å². The largest absolute Gasteiger partial charge is 0.463 e. The molecule has 2 heterocycles. The number of aliphatic hydroxyl groups is 1. The molecule has 1 saturated heterocycles. The molecule has 2 N–H and O–H groups in total. The van der Waals surface area contributed by atoms with Gasteiger partial charge < -0.3 is 14.8 Å². The number of nitrogens with one attached hydrogen (secondary N) is 1. The van der Waals surface area contributed by atoms with Gasteiger partial charge in [-0.25, -0.2) is 0 Å². The Bertz CT molecular complexity index is 354. The Morgan fingerprint density at radius 2 is 2.21 bits per heavy atom. The van der Waals surface area contributed by atoms with E-state index >= 15 is 0 Å². The van der Waals surface area contributed by atoms with Gasteiger partial charge >= 0.3 is 0 Å². The topological polar surface area (TPSA) is 45.4 Å². The molecule has 2 unspecified atom stereocenters. The van der Waals surface area contributed by atoms with Crippen molar-refractivity contribution in [2.24, 2.45) is 5.92 Å². The van der Waals surface area contributed by atoms with E-state index < -0.39 is 5.60 Å². The molecule has 2 atom stereocenters. The normalized spacial score (nSPS) is 33.9. The molecular formula is C11H15NO2. The van der Waals surface area contributed by atoms with Crippen LogP contribution in [0, 0.1) is 5.92 Å². The van der Waals surface area contributed by atoms with Crippen LogP contribution in [0.2, 0.25) is 0 Å². The Morgan fingerprint density at radius 1 is 1.50 bits per heavy atom. The summed E-state index contributed by atoms with van der Waals surface area (Å²) in [5.41, 5.74) is -0.740. The summed E-state index contributed by atoms with van der Waals surface area (Å²) in [6.45, 7) is 3.45. The van der Waals surface area contributed by atoms with Gasteiger partial charge in [0.15, 0.2) is 0 Å². The number of furan rings is 1. The first-order valence-corrected chi connectivity index (χ1v) is 5.22. The molecular weight excluding hydrogens is 178 g/mol. The Hall–Kier alpha value is -0.800. The van der Waals surface area contributed by atoms with E-state index in [4.69, 9.17) is 4.42 Å². The van der Waals surface area contributed by atoms with Crippen LogP contribution in [0.25, 0.3) is 0 Å². The standard InChI is InChI=1S/C11H15NO2/c1-7-4-8(7)9-2-3-10(14-9)11(13)5-12-6-11/h2-3,7-8,12-13H,4-6H2,1H3. The first-order valence-electron chi connectivity index (χ1n) is 5.22. The second kappa shape index (κ2) is 2.61. The van der Waals surface area contributed by atoms with Gasteiger partial charge in [0.1, 0.15) is 17.1 Å². The van der Waals surface area contributed by atoms with Crippen molar-refractivity contribution in [2.75, 3.05) is 13.1 Å². The second-order valence-electron chi connectivity index (χ2n) is 4.66. The first-order chi connectivity index (χ1) is 6.69. The lowest BCUT2D eigenvalue weighted by Crippen LogP contribution is -2.56. The summed E-state index contributed by atoms with van der Waals surface area (Å²) in [6, 6.07) is 3.93. The van der Waals surface area contributed by atoms with Crippen molar-refractivity contribution < 1.29 is 9.52 Å². The Morgan fingerprint density at radius 3 is 2.71 bits per heavy atom. The van der Waals surface area contributed by atoms with E-state index in [2.05, 4.69) is 12.2 Å². The third-order valence-corrected chi connectivity index (χ3v) is 3.40. The molecule has 1 saturated carbocycles. The van der Waals surface area contributed by atoms with Gasteiger partial charge in [-0.2, -0.15) is 0 Å². The summed E-state index contributed by atoms with van der Waals surface area (Å²) < 4.78 is 5.69. The molecule has 3 rings (SSSR count). The zero-order chi connectivity index (χ0) is 9.76. The molecule has 0 amide bonds. The van der Waals surface area contributed by atoms with E-state index in [0.29, 0.717) is 19.0 Å². The lowest BCUT2D eigenvalue weighted by atomic mass is 9.94. The maximum atomic E-state index is 10.0. The van der Waals surface area contributed by atoms with Crippen molar-refractivity contribution in [2.45, 2.75) is 24.9 Å². The number of hydrogen-bond acceptors (Lipinski definition) is 3. The Labute approximate surface area is 83.1 Å². The predicted octanol–water partition coefficient (Wildman–Crippen LogP) is 1.19. The molecule has 2 fully saturated rings. The van der Waals surface area contributed by atoms with Gasteiger partial charge in [-0.15, -0.1) is 0 Å². The lowest BCUT2D eigenvalue weighted by Gasteiger charge is -2.35. The van der Waals surface area contributed by atoms with E-state index in [-0.39, 0.29) is 0 Å². The van der Waals surface area contributed by atoms with Crippen LogP contribution in [-0.2, 0) is 5.60 Å². The smallest absolute Gasteiger partial charge is 0.147 e. The monoisotopic (exact) mass is 193 g/mol. The summed E-state index contributed by atoms with van der Waals surface area (Å²) >= 11 is 0. The van der Waals surface area contributed by atoms with Crippen molar-refractivity contribution in [3.8, 4) is 0 Å². The summed E-state index contributed by atoms with van der Waals surface area (Å²) in [7, 11) is 0. The number of rotatable bonds is 2. The van der Waals surface area contributed by atoms with Crippen LogP contribution in [-0.4, -0.2) is 18.2 Å². The molecule has 2 aliphatic rings. The molecule has 1 aromatic rings. The predicted molar refractivity (Wildman–Crippen MR) is 52.0 cm³/mol. The molecule has 14 heavy (non-hydrogen) atoms. The first kappa shape index (κ1) is 8.50. The molecule has 3 nitrogen and oxygen atoms in total. The minimum atomic E-state index is -0.740. The van der Waals surface area contributed by atoms with Crippen LogP contribution in [0.15, 0.2) is 16.5 Å². The minimum absolute atomic E-state index is 0.598. The summed E-state index contributed by atoms with van der Waals surface area (Å²) in [6.07, 6.45) is 1.23. The maximum Gasteiger partial charge on any atom is 0.147 e. The fourth-order valence-corrected chi connectivity index (χ4v) is 2.06. The Balaban J connectivity index is 1.83. The van der Waals surface area contributed by atoms with Gasteiger partial charge in [0.2, 0.25) is 0 Å². The third kappa shape index (κ3) is 1.12. The number of hydrogen-bond donors (Lipinski definition) is 2. The average molecular weight is 193 g/mol. The van der Waals surface area contributed by atoms with E-state index in [1.165, 1.54) is 6.42 Å². The van der Waals surface area contributed by atoms with E-state index in [0.717, 1.165) is 17.4 Å². The van der Waals surface area contributed by atoms with Crippen LogP contribution in [0.3, 0.4) is 0 Å². The fraction of sp³-hybridized carbons (Fsp3) is 0.636. The summed E-state index contributed by atoms with van der Waals surface area (Å²) in [5.74, 6) is 3.13. The molecule has 1 aliphatic heterocycles. The van der Waals surface area contributed by atoms with Gasteiger partial charge in [0.25, 0.3) is 0 Å². The SMILES string of the molecule is CC1CC1c1ccc(C2(O)CNC2)o1. The van der Waals surface area contributed by atoms with Crippen LogP contribution < -0.4 is 5.32 Å². The third-order valence-electron chi connectivity index (χ3n) is 3.40. The van der Waals surface area contributed by atoms with Crippen LogP contribution in [0.1, 0.15) is 30.8 Å². The van der Waals surface area contributed by atoms with Gasteiger partial charge in [0.05, 0.1) is 0 Å². The molecule has 0 aromatic carbocycles. The summed E-state index contributed by atoms with van der Waals surface area (Å²) in [5, 5.41) is 13.1.